The molecule has 0 bridgehead atoms. The van der Waals surface area contributed by atoms with E-state index in [-0.39, 0.29) is 0 Å². The predicted octanol–water partition coefficient (Wildman–Crippen LogP) is 5.36. The minimum absolute atomic E-state index is 0.419. The lowest BCUT2D eigenvalue weighted by molar-refractivity contribution is -0.148. The zero-order valence-corrected chi connectivity index (χ0v) is 16.7. The number of hydrogen-bond acceptors (Lipinski definition) is 3. The van der Waals surface area contributed by atoms with Crippen molar-refractivity contribution in [2.75, 3.05) is 5.32 Å². The van der Waals surface area contributed by atoms with Crippen LogP contribution in [0.5, 0.6) is 0 Å². The highest BCUT2D eigenvalue weighted by Gasteiger charge is 2.17. The van der Waals surface area contributed by atoms with Gasteiger partial charge in [0.25, 0.3) is 5.91 Å². The Labute approximate surface area is 165 Å². The molecular weight excluding hydrogens is 362 g/mol. The number of halogens is 1. The van der Waals surface area contributed by atoms with E-state index in [9.17, 15) is 9.59 Å². The van der Waals surface area contributed by atoms with Crippen LogP contribution in [0, 0.1) is 6.92 Å². The second-order valence-electron chi connectivity index (χ2n) is 6.69. The van der Waals surface area contributed by atoms with Gasteiger partial charge in [-0.25, -0.2) is 4.79 Å². The molecule has 0 aliphatic carbocycles. The summed E-state index contributed by atoms with van der Waals surface area (Å²) in [7, 11) is 0. The summed E-state index contributed by atoms with van der Waals surface area (Å²) in [6.45, 7) is 7.65. The van der Waals surface area contributed by atoms with Crippen LogP contribution in [0.25, 0.3) is 6.08 Å². The Balaban J connectivity index is 1.89. The number of rotatable bonds is 6. The molecule has 1 N–H and O–H groups in total. The first kappa shape index (κ1) is 20.7. The van der Waals surface area contributed by atoms with Gasteiger partial charge in [0.1, 0.15) is 0 Å². The van der Waals surface area contributed by atoms with Gasteiger partial charge in [-0.05, 0) is 54.7 Å². The fraction of sp³-hybridized carbons (Fsp3) is 0.273. The maximum absolute atomic E-state index is 12.2. The molecule has 1 atom stereocenters. The topological polar surface area (TPSA) is 55.4 Å². The lowest BCUT2D eigenvalue weighted by Crippen LogP contribution is -2.29. The average molecular weight is 386 g/mol. The Morgan fingerprint density at radius 1 is 1.07 bits per heavy atom. The summed E-state index contributed by atoms with van der Waals surface area (Å²) in [5.41, 5.74) is 3.60. The molecule has 0 aliphatic heterocycles. The van der Waals surface area contributed by atoms with Gasteiger partial charge in [-0.15, -0.1) is 0 Å². The van der Waals surface area contributed by atoms with Crippen LogP contribution in [-0.4, -0.2) is 18.0 Å². The van der Waals surface area contributed by atoms with Gasteiger partial charge in [-0.3, -0.25) is 4.79 Å². The molecule has 27 heavy (non-hydrogen) atoms. The highest BCUT2D eigenvalue weighted by Crippen LogP contribution is 2.20. The molecule has 1 amide bonds. The molecule has 0 fully saturated rings. The molecule has 5 heteroatoms. The maximum atomic E-state index is 12.2. The van der Waals surface area contributed by atoms with E-state index in [1.54, 1.807) is 18.2 Å². The number of benzene rings is 2. The summed E-state index contributed by atoms with van der Waals surface area (Å²) >= 11 is 6.04. The van der Waals surface area contributed by atoms with Crippen LogP contribution in [0.3, 0.4) is 0 Å². The van der Waals surface area contributed by atoms with Crippen LogP contribution < -0.4 is 5.32 Å². The van der Waals surface area contributed by atoms with Crippen molar-refractivity contribution in [3.8, 4) is 0 Å². The number of carbonyl (C=O) groups excluding carboxylic acids is 2. The van der Waals surface area contributed by atoms with Crippen molar-refractivity contribution in [1.82, 2.24) is 0 Å². The number of nitrogens with one attached hydrogen (secondary N) is 1. The SMILES string of the molecule is Cc1ccc(NC(=O)C(C)OC(=O)C=Cc2ccc(C(C)C)cc2)cc1Cl. The van der Waals surface area contributed by atoms with Gasteiger partial charge in [-0.1, -0.05) is 55.8 Å². The fourth-order valence-corrected chi connectivity index (χ4v) is 2.52. The minimum atomic E-state index is -0.925. The number of ether oxygens (including phenoxy) is 1. The van der Waals surface area contributed by atoms with Crippen molar-refractivity contribution in [3.63, 3.8) is 0 Å². The van der Waals surface area contributed by atoms with Crippen LogP contribution in [0.4, 0.5) is 5.69 Å². The second kappa shape index (κ2) is 9.38. The average Bonchev–Trinajstić information content (AvgIpc) is 2.63. The van der Waals surface area contributed by atoms with E-state index in [1.165, 1.54) is 18.6 Å². The van der Waals surface area contributed by atoms with E-state index in [1.807, 2.05) is 37.3 Å². The normalized spacial score (nSPS) is 12.2. The van der Waals surface area contributed by atoms with E-state index < -0.39 is 18.0 Å². The smallest absolute Gasteiger partial charge is 0.331 e. The van der Waals surface area contributed by atoms with Crippen molar-refractivity contribution in [1.29, 1.82) is 0 Å². The molecule has 0 heterocycles. The van der Waals surface area contributed by atoms with E-state index in [2.05, 4.69) is 19.2 Å². The Kier molecular flexibility index (Phi) is 7.19. The third-order valence-corrected chi connectivity index (χ3v) is 4.52. The quantitative estimate of drug-likeness (QED) is 0.538. The van der Waals surface area contributed by atoms with Crippen molar-refractivity contribution >= 4 is 35.2 Å². The van der Waals surface area contributed by atoms with Crippen LogP contribution in [-0.2, 0) is 14.3 Å². The maximum Gasteiger partial charge on any atom is 0.331 e. The highest BCUT2D eigenvalue weighted by molar-refractivity contribution is 6.31. The van der Waals surface area contributed by atoms with Gasteiger partial charge >= 0.3 is 5.97 Å². The zero-order valence-electron chi connectivity index (χ0n) is 16.0. The monoisotopic (exact) mass is 385 g/mol. The molecule has 0 spiro atoms. The lowest BCUT2D eigenvalue weighted by Gasteiger charge is -2.13. The molecule has 142 valence electrons. The molecule has 0 saturated heterocycles. The summed E-state index contributed by atoms with van der Waals surface area (Å²) in [5, 5.41) is 3.24. The van der Waals surface area contributed by atoms with E-state index in [4.69, 9.17) is 16.3 Å². The van der Waals surface area contributed by atoms with Gasteiger partial charge in [0.05, 0.1) is 0 Å². The van der Waals surface area contributed by atoms with Crippen LogP contribution in [0.2, 0.25) is 5.02 Å². The van der Waals surface area contributed by atoms with E-state index in [0.29, 0.717) is 16.6 Å². The van der Waals surface area contributed by atoms with E-state index >= 15 is 0 Å². The number of aryl methyl sites for hydroxylation is 1. The fourth-order valence-electron chi connectivity index (χ4n) is 2.34. The molecule has 0 saturated carbocycles. The van der Waals surface area contributed by atoms with Gasteiger partial charge in [-0.2, -0.15) is 0 Å². The molecular formula is C22H24ClNO3. The summed E-state index contributed by atoms with van der Waals surface area (Å²) < 4.78 is 5.15. The van der Waals surface area contributed by atoms with Crippen LogP contribution in [0.15, 0.2) is 48.5 Å². The van der Waals surface area contributed by atoms with Gasteiger partial charge in [0.15, 0.2) is 6.10 Å². The Morgan fingerprint density at radius 2 is 1.74 bits per heavy atom. The molecule has 1 unspecified atom stereocenters. The Bertz CT molecular complexity index is 841. The number of esters is 1. The highest BCUT2D eigenvalue weighted by atomic mass is 35.5. The third-order valence-electron chi connectivity index (χ3n) is 4.12. The minimum Gasteiger partial charge on any atom is -0.449 e. The largest absolute Gasteiger partial charge is 0.449 e. The van der Waals surface area contributed by atoms with Gasteiger partial charge in [0.2, 0.25) is 0 Å². The number of anilines is 1. The molecule has 4 nitrogen and oxygen atoms in total. The molecule has 2 aromatic rings. The number of carbonyl (C=O) groups is 2. The van der Waals surface area contributed by atoms with Crippen molar-refractivity contribution in [3.05, 3.63) is 70.3 Å². The molecule has 0 radical (unpaired) electrons. The standard InChI is InChI=1S/C22H24ClNO3/c1-14(2)18-9-6-17(7-10-18)8-12-21(25)27-16(4)22(26)24-19-11-5-15(3)20(23)13-19/h5-14,16H,1-4H3,(H,24,26). The third kappa shape index (κ3) is 6.26. The lowest BCUT2D eigenvalue weighted by atomic mass is 10.0. The summed E-state index contributed by atoms with van der Waals surface area (Å²) in [6.07, 6.45) is 2.05. The Morgan fingerprint density at radius 3 is 2.33 bits per heavy atom. The van der Waals surface area contributed by atoms with Gasteiger partial charge in [0, 0.05) is 16.8 Å². The van der Waals surface area contributed by atoms with Gasteiger partial charge < -0.3 is 10.1 Å². The second-order valence-corrected chi connectivity index (χ2v) is 7.09. The predicted molar refractivity (Wildman–Crippen MR) is 110 cm³/mol. The molecule has 2 rings (SSSR count). The summed E-state index contributed by atoms with van der Waals surface area (Å²) in [5.74, 6) is -0.541. The number of amides is 1. The number of hydrogen-bond donors (Lipinski definition) is 1. The summed E-state index contributed by atoms with van der Waals surface area (Å²) in [4.78, 5) is 24.1. The van der Waals surface area contributed by atoms with Crippen molar-refractivity contribution in [2.45, 2.75) is 39.7 Å². The van der Waals surface area contributed by atoms with Crippen LogP contribution >= 0.6 is 11.6 Å². The first-order chi connectivity index (χ1) is 12.8. The Hall–Kier alpha value is -2.59. The first-order valence-corrected chi connectivity index (χ1v) is 9.19. The van der Waals surface area contributed by atoms with Crippen molar-refractivity contribution in [2.24, 2.45) is 0 Å². The van der Waals surface area contributed by atoms with Crippen molar-refractivity contribution < 1.29 is 14.3 Å². The zero-order chi connectivity index (χ0) is 20.0. The first-order valence-electron chi connectivity index (χ1n) is 8.82. The molecule has 0 aliphatic rings. The van der Waals surface area contributed by atoms with Crippen LogP contribution in [0.1, 0.15) is 43.4 Å². The molecule has 2 aromatic carbocycles. The van der Waals surface area contributed by atoms with E-state index in [0.717, 1.165) is 11.1 Å². The molecule has 0 aromatic heterocycles. The summed E-state index contributed by atoms with van der Waals surface area (Å²) in [6, 6.07) is 13.1.